The largest absolute Gasteiger partial charge is 0.0888 e. The van der Waals surface area contributed by atoms with Crippen LogP contribution >= 0.6 is 11.8 Å². The summed E-state index contributed by atoms with van der Waals surface area (Å²) < 4.78 is 0. The molecule has 7 aromatic rings. The van der Waals surface area contributed by atoms with Crippen LogP contribution in [0.2, 0.25) is 0 Å². The molecule has 42 heavy (non-hydrogen) atoms. The molecule has 0 atom stereocenters. The highest BCUT2D eigenvalue weighted by Gasteiger charge is 2.46. The minimum Gasteiger partial charge on any atom is -0.0888 e. The van der Waals surface area contributed by atoms with Crippen LogP contribution in [0.5, 0.6) is 0 Å². The highest BCUT2D eigenvalue weighted by Crippen LogP contribution is 2.57. The maximum absolute atomic E-state index is 2.48. The van der Waals surface area contributed by atoms with E-state index in [1.165, 1.54) is 76.2 Å². The van der Waals surface area contributed by atoms with E-state index in [4.69, 9.17) is 0 Å². The van der Waals surface area contributed by atoms with Crippen LogP contribution in [-0.4, -0.2) is 0 Å². The van der Waals surface area contributed by atoms with Gasteiger partial charge in [0.1, 0.15) is 0 Å². The maximum atomic E-state index is 2.48. The van der Waals surface area contributed by atoms with Gasteiger partial charge in [-0.1, -0.05) is 151 Å². The second-order valence-corrected chi connectivity index (χ2v) is 12.3. The first-order valence-electron chi connectivity index (χ1n) is 14.5. The van der Waals surface area contributed by atoms with Gasteiger partial charge in [0, 0.05) is 20.7 Å². The van der Waals surface area contributed by atoms with E-state index in [0.717, 1.165) is 0 Å². The van der Waals surface area contributed by atoms with E-state index in [1.54, 1.807) is 0 Å². The van der Waals surface area contributed by atoms with E-state index in [-0.39, 0.29) is 0 Å². The minimum atomic E-state index is -0.402. The van der Waals surface area contributed by atoms with Gasteiger partial charge in [-0.2, -0.15) is 0 Å². The normalized spacial score (nSPS) is 13.8. The average Bonchev–Trinajstić information content (AvgIpc) is 3.36. The maximum Gasteiger partial charge on any atom is 0.0713 e. The third-order valence-corrected chi connectivity index (χ3v) is 10.3. The highest BCUT2D eigenvalue weighted by atomic mass is 32.2. The van der Waals surface area contributed by atoms with Gasteiger partial charge >= 0.3 is 0 Å². The number of hydrogen-bond donors (Lipinski definition) is 0. The van der Waals surface area contributed by atoms with Crippen LogP contribution in [0, 0.1) is 0 Å². The molecule has 0 spiro atoms. The smallest absolute Gasteiger partial charge is 0.0713 e. The SMILES string of the molecule is c1ccc(C2(c3ccccc3)c3ccccc3-c3ccc(-c4cccc5c4-c4cccc6cccc(c46)S5)cc32)cc1. The van der Waals surface area contributed by atoms with Crippen LogP contribution in [0.1, 0.15) is 22.3 Å². The van der Waals surface area contributed by atoms with Crippen molar-refractivity contribution in [1.82, 2.24) is 0 Å². The van der Waals surface area contributed by atoms with E-state index in [2.05, 4.69) is 158 Å². The van der Waals surface area contributed by atoms with Crippen molar-refractivity contribution in [3.8, 4) is 33.4 Å². The van der Waals surface area contributed by atoms with Crippen molar-refractivity contribution in [3.63, 3.8) is 0 Å². The first-order chi connectivity index (χ1) is 20.8. The third-order valence-electron chi connectivity index (χ3n) is 9.15. The van der Waals surface area contributed by atoms with Gasteiger partial charge in [-0.05, 0) is 73.7 Å². The lowest BCUT2D eigenvalue weighted by Crippen LogP contribution is -2.28. The van der Waals surface area contributed by atoms with Gasteiger partial charge in [0.15, 0.2) is 0 Å². The number of rotatable bonds is 3. The summed E-state index contributed by atoms with van der Waals surface area (Å²) in [5, 5.41) is 2.66. The summed E-state index contributed by atoms with van der Waals surface area (Å²) in [6, 6.07) is 58.5. The van der Waals surface area contributed by atoms with Crippen molar-refractivity contribution in [2.75, 3.05) is 0 Å². The van der Waals surface area contributed by atoms with Crippen LogP contribution in [0.4, 0.5) is 0 Å². The number of benzene rings is 7. The quantitative estimate of drug-likeness (QED) is 0.211. The lowest BCUT2D eigenvalue weighted by atomic mass is 9.67. The summed E-state index contributed by atoms with van der Waals surface area (Å²) in [7, 11) is 0. The van der Waals surface area contributed by atoms with Gasteiger partial charge in [-0.3, -0.25) is 0 Å². The molecule has 0 saturated carbocycles. The monoisotopic (exact) mass is 550 g/mol. The molecule has 9 rings (SSSR count). The Balaban J connectivity index is 1.35. The zero-order valence-corrected chi connectivity index (χ0v) is 23.7. The Kier molecular flexibility index (Phi) is 5.15. The molecule has 0 saturated heterocycles. The zero-order chi connectivity index (χ0) is 27.7. The molecule has 0 aromatic heterocycles. The Morgan fingerprint density at radius 3 is 1.79 bits per heavy atom. The van der Waals surface area contributed by atoms with Gasteiger partial charge in [0.2, 0.25) is 0 Å². The van der Waals surface area contributed by atoms with Crippen molar-refractivity contribution in [3.05, 3.63) is 180 Å². The topological polar surface area (TPSA) is 0 Å². The predicted molar refractivity (Wildman–Crippen MR) is 176 cm³/mol. The van der Waals surface area contributed by atoms with Gasteiger partial charge in [0.25, 0.3) is 0 Å². The molecule has 1 aliphatic heterocycles. The summed E-state index contributed by atoms with van der Waals surface area (Å²) in [6.07, 6.45) is 0. The lowest BCUT2D eigenvalue weighted by Gasteiger charge is -2.34. The second kappa shape index (κ2) is 9.08. The first-order valence-corrected chi connectivity index (χ1v) is 15.3. The summed E-state index contributed by atoms with van der Waals surface area (Å²) in [6.45, 7) is 0. The van der Waals surface area contributed by atoms with Crippen molar-refractivity contribution in [2.24, 2.45) is 0 Å². The average molecular weight is 551 g/mol. The minimum absolute atomic E-state index is 0.402. The fraction of sp³-hybridized carbons (Fsp3) is 0.0244. The van der Waals surface area contributed by atoms with E-state index in [9.17, 15) is 0 Å². The molecule has 1 heteroatoms. The summed E-state index contributed by atoms with van der Waals surface area (Å²) >= 11 is 1.89. The molecule has 1 aliphatic carbocycles. The van der Waals surface area contributed by atoms with Crippen LogP contribution < -0.4 is 0 Å². The number of hydrogen-bond acceptors (Lipinski definition) is 1. The lowest BCUT2D eigenvalue weighted by molar-refractivity contribution is 0.769. The van der Waals surface area contributed by atoms with E-state index in [0.29, 0.717) is 0 Å². The Morgan fingerprint density at radius 2 is 1.00 bits per heavy atom. The summed E-state index contributed by atoms with van der Waals surface area (Å²) in [5.74, 6) is 0. The molecule has 0 radical (unpaired) electrons. The van der Waals surface area contributed by atoms with Crippen molar-refractivity contribution in [2.45, 2.75) is 15.2 Å². The van der Waals surface area contributed by atoms with Crippen LogP contribution in [-0.2, 0) is 5.41 Å². The predicted octanol–water partition coefficient (Wildman–Crippen LogP) is 11.0. The van der Waals surface area contributed by atoms with Gasteiger partial charge in [-0.25, -0.2) is 0 Å². The summed E-state index contributed by atoms with van der Waals surface area (Å²) in [5.41, 5.74) is 12.7. The third kappa shape index (κ3) is 3.20. The van der Waals surface area contributed by atoms with Crippen LogP contribution in [0.3, 0.4) is 0 Å². The van der Waals surface area contributed by atoms with E-state index >= 15 is 0 Å². The number of fused-ring (bicyclic) bond motifs is 5. The molecular weight excluding hydrogens is 525 g/mol. The molecule has 0 unspecified atom stereocenters. The van der Waals surface area contributed by atoms with Crippen LogP contribution in [0.15, 0.2) is 168 Å². The van der Waals surface area contributed by atoms with E-state index in [1.807, 2.05) is 11.8 Å². The zero-order valence-electron chi connectivity index (χ0n) is 22.9. The molecule has 0 nitrogen and oxygen atoms in total. The molecule has 0 bridgehead atoms. The van der Waals surface area contributed by atoms with Crippen molar-refractivity contribution in [1.29, 1.82) is 0 Å². The van der Waals surface area contributed by atoms with Crippen molar-refractivity contribution < 1.29 is 0 Å². The van der Waals surface area contributed by atoms with Crippen LogP contribution in [0.25, 0.3) is 44.2 Å². The molecule has 7 aromatic carbocycles. The molecule has 0 N–H and O–H groups in total. The molecule has 2 aliphatic rings. The fourth-order valence-corrected chi connectivity index (χ4v) is 8.65. The Labute approximate surface area is 250 Å². The fourth-order valence-electron chi connectivity index (χ4n) is 7.46. The molecule has 0 fully saturated rings. The first kappa shape index (κ1) is 23.8. The molecule has 196 valence electrons. The highest BCUT2D eigenvalue weighted by molar-refractivity contribution is 7.99. The van der Waals surface area contributed by atoms with Crippen molar-refractivity contribution >= 4 is 22.5 Å². The van der Waals surface area contributed by atoms with Gasteiger partial charge in [-0.15, -0.1) is 0 Å². The Bertz CT molecular complexity index is 2110. The van der Waals surface area contributed by atoms with Gasteiger partial charge < -0.3 is 0 Å². The second-order valence-electron chi connectivity index (χ2n) is 11.2. The molecule has 0 amide bonds. The molecule has 1 heterocycles. The standard InChI is InChI=1S/C41H26S/c1-3-14-29(15-4-1)41(30-16-5-2-6-17-30)35-21-8-7-18-32(35)33-25-24-28(26-36(33)41)31-19-11-23-38-40(31)34-20-9-12-27-13-10-22-37(42-38)39(27)34/h1-26H. The summed E-state index contributed by atoms with van der Waals surface area (Å²) in [4.78, 5) is 2.66. The Hall–Kier alpha value is -4.85. The van der Waals surface area contributed by atoms with Gasteiger partial charge in [0.05, 0.1) is 5.41 Å². The van der Waals surface area contributed by atoms with E-state index < -0.39 is 5.41 Å². The Morgan fingerprint density at radius 1 is 0.405 bits per heavy atom. The molecular formula is C41H26S.